The number of methoxy groups -OCH3 is 4. The van der Waals surface area contributed by atoms with Gasteiger partial charge in [-0.1, -0.05) is 55.0 Å². The quantitative estimate of drug-likeness (QED) is 0.0827. The van der Waals surface area contributed by atoms with Crippen LogP contribution in [0.3, 0.4) is 0 Å². The Morgan fingerprint density at radius 1 is 0.676 bits per heavy atom. The van der Waals surface area contributed by atoms with E-state index in [-0.39, 0.29) is 41.8 Å². The summed E-state index contributed by atoms with van der Waals surface area (Å²) >= 11 is 0. The van der Waals surface area contributed by atoms with Crippen molar-refractivity contribution >= 4 is 6.03 Å². The van der Waals surface area contributed by atoms with Gasteiger partial charge in [0.25, 0.3) is 0 Å². The number of amides is 2. The fourth-order valence-electron chi connectivity index (χ4n) is 12.7. The zero-order chi connectivity index (χ0) is 49.8. The van der Waals surface area contributed by atoms with Gasteiger partial charge in [0.2, 0.25) is 0 Å². The van der Waals surface area contributed by atoms with Crippen LogP contribution < -0.4 is 24.3 Å². The van der Waals surface area contributed by atoms with E-state index in [2.05, 4.69) is 94.6 Å². The number of hydrogen-bond donors (Lipinski definition) is 2. The number of aliphatic hydroxyl groups is 1. The van der Waals surface area contributed by atoms with Gasteiger partial charge in [0.1, 0.15) is 23.0 Å². The molecular formula is C57H78N6O8. The topological polar surface area (TPSA) is 121 Å². The van der Waals surface area contributed by atoms with E-state index in [1.54, 1.807) is 28.4 Å². The first kappa shape index (κ1) is 51.0. The molecule has 2 heterocycles. The number of carbonyl (C=O) groups excluding carboxylic acids is 1. The highest BCUT2D eigenvalue weighted by Crippen LogP contribution is 2.53. The summed E-state index contributed by atoms with van der Waals surface area (Å²) in [6.07, 6.45) is 10.2. The van der Waals surface area contributed by atoms with E-state index >= 15 is 0 Å². The number of nitrogens with zero attached hydrogens (tertiary/aromatic N) is 5. The Kier molecular flexibility index (Phi) is 15.5. The molecule has 14 nitrogen and oxygen atoms in total. The van der Waals surface area contributed by atoms with Gasteiger partial charge < -0.3 is 43.7 Å². The number of rotatable bonds is 20. The van der Waals surface area contributed by atoms with Gasteiger partial charge in [-0.25, -0.2) is 4.79 Å². The summed E-state index contributed by atoms with van der Waals surface area (Å²) in [5, 5.41) is 15.6. The lowest BCUT2D eigenvalue weighted by Gasteiger charge is -2.53. The minimum absolute atomic E-state index is 0.000514. The van der Waals surface area contributed by atoms with Crippen LogP contribution in [-0.4, -0.2) is 136 Å². The molecule has 14 heteroatoms. The summed E-state index contributed by atoms with van der Waals surface area (Å²) in [4.78, 5) is 25.1. The maximum absolute atomic E-state index is 13.5. The van der Waals surface area contributed by atoms with E-state index in [1.807, 2.05) is 47.4 Å². The summed E-state index contributed by atoms with van der Waals surface area (Å²) in [5.74, 6) is 3.86. The van der Waals surface area contributed by atoms with Gasteiger partial charge in [0, 0.05) is 75.7 Å². The molecule has 2 amide bonds. The number of benzene rings is 4. The Bertz CT molecular complexity index is 2400. The van der Waals surface area contributed by atoms with Crippen LogP contribution in [0.5, 0.6) is 23.0 Å². The predicted molar refractivity (Wildman–Crippen MR) is 274 cm³/mol. The molecule has 4 aromatic rings. The molecule has 4 aromatic carbocycles. The maximum atomic E-state index is 13.5. The number of nitrogens with one attached hydrogen (secondary N) is 1. The Balaban J connectivity index is 0.968. The van der Waals surface area contributed by atoms with Crippen LogP contribution >= 0.6 is 0 Å². The van der Waals surface area contributed by atoms with E-state index < -0.39 is 6.35 Å². The number of aliphatic hydroxyl groups excluding tert-OH is 1. The minimum Gasteiger partial charge on any atom is -0.497 e. The summed E-state index contributed by atoms with van der Waals surface area (Å²) in [5.41, 5.74) is 4.71. The highest BCUT2D eigenvalue weighted by molar-refractivity contribution is 5.78. The second kappa shape index (κ2) is 21.7. The van der Waals surface area contributed by atoms with Crippen molar-refractivity contribution in [1.29, 1.82) is 0 Å². The second-order valence-corrected chi connectivity index (χ2v) is 21.5. The third-order valence-electron chi connectivity index (χ3n) is 17.3. The highest BCUT2D eigenvalue weighted by atomic mass is 16.7. The van der Waals surface area contributed by atoms with E-state index in [0.717, 1.165) is 98.6 Å². The Morgan fingerprint density at radius 2 is 1.30 bits per heavy atom. The lowest BCUT2D eigenvalue weighted by Crippen LogP contribution is -2.57. The van der Waals surface area contributed by atoms with Gasteiger partial charge in [-0.05, 0) is 156 Å². The van der Waals surface area contributed by atoms with Gasteiger partial charge in [0.15, 0.2) is 19.9 Å². The smallest absolute Gasteiger partial charge is 0.318 e. The Hall–Kier alpha value is -4.93. The monoisotopic (exact) mass is 975 g/mol. The van der Waals surface area contributed by atoms with Crippen LogP contribution in [0.25, 0.3) is 0 Å². The largest absolute Gasteiger partial charge is 0.497 e. The van der Waals surface area contributed by atoms with Crippen molar-refractivity contribution in [2.45, 2.75) is 119 Å². The molecular weight excluding hydrogens is 897 g/mol. The van der Waals surface area contributed by atoms with Crippen molar-refractivity contribution in [3.63, 3.8) is 0 Å². The first-order valence-electron chi connectivity index (χ1n) is 25.7. The maximum Gasteiger partial charge on any atom is 0.318 e. The molecule has 2 N–H and O–H groups in total. The standard InChI is InChI=1S/C57H78N6O8/c1-59(2)56(28-24-54(25-29-56)38-61(52(64)58-54)34-43-14-20-48(68-6)21-15-43)47-19-18-45(51(33-47)71-41-67-5)37-60(3)57(46-12-9-13-50(32-46)70-40-66-4)30-26-55(27-31-57)39-62(35-44-16-22-49(69-7)23-17-44)53(65)63(55)36-42-10-8-11-42/h9,12-23,32-33,42,53,65H,8,10-11,24-31,34-41H2,1-7H3,(H,58,64). The molecule has 2 spiro atoms. The van der Waals surface area contributed by atoms with Gasteiger partial charge in [-0.3, -0.25) is 19.6 Å². The average Bonchev–Trinajstić information content (AvgIpc) is 3.81. The third-order valence-corrected chi connectivity index (χ3v) is 17.3. The molecule has 2 aliphatic heterocycles. The predicted octanol–water partition coefficient (Wildman–Crippen LogP) is 8.50. The number of hydrogen-bond acceptors (Lipinski definition) is 12. The van der Waals surface area contributed by atoms with E-state index in [0.29, 0.717) is 32.1 Å². The van der Waals surface area contributed by atoms with Crippen LogP contribution in [0, 0.1) is 5.92 Å². The zero-order valence-electron chi connectivity index (χ0n) is 43.3. The van der Waals surface area contributed by atoms with Crippen LogP contribution in [0.4, 0.5) is 4.79 Å². The van der Waals surface area contributed by atoms with Crippen LogP contribution in [0.15, 0.2) is 91.0 Å². The van der Waals surface area contributed by atoms with Crippen LogP contribution in [-0.2, 0) is 40.2 Å². The first-order chi connectivity index (χ1) is 34.4. The van der Waals surface area contributed by atoms with E-state index in [9.17, 15) is 9.90 Å². The van der Waals surface area contributed by atoms with Gasteiger partial charge >= 0.3 is 6.03 Å². The molecule has 2 saturated heterocycles. The van der Waals surface area contributed by atoms with Crippen LogP contribution in [0.1, 0.15) is 98.4 Å². The molecule has 1 unspecified atom stereocenters. The molecule has 0 aromatic heterocycles. The third kappa shape index (κ3) is 10.5. The van der Waals surface area contributed by atoms with Crippen molar-refractivity contribution in [1.82, 2.24) is 29.8 Å². The molecule has 384 valence electrons. The fraction of sp³-hybridized carbons (Fsp3) is 0.561. The van der Waals surface area contributed by atoms with Gasteiger partial charge in [0.05, 0.1) is 19.8 Å². The Labute approximate surface area is 422 Å². The Morgan fingerprint density at radius 3 is 1.90 bits per heavy atom. The SMILES string of the molecule is COCOc1cccc(C2(N(C)Cc3ccc(C4(N(C)C)CCC5(CC4)CN(Cc4ccc(OC)cc4)C(=O)N5)cc3OCOC)CCC3(CC2)CN(Cc2ccc(OC)cc2)C(O)N3CC2CCC2)c1. The normalized spacial score (nSPS) is 27.2. The number of urea groups is 1. The number of carbonyl (C=O) groups is 1. The van der Waals surface area contributed by atoms with Crippen molar-refractivity contribution in [3.05, 3.63) is 119 Å². The van der Waals surface area contributed by atoms with Crippen LogP contribution in [0.2, 0.25) is 0 Å². The van der Waals surface area contributed by atoms with Crippen molar-refractivity contribution in [3.8, 4) is 23.0 Å². The number of ether oxygens (including phenoxy) is 6. The summed E-state index contributed by atoms with van der Waals surface area (Å²) in [6.45, 7) is 4.59. The van der Waals surface area contributed by atoms with Gasteiger partial charge in [-0.15, -0.1) is 0 Å². The molecule has 0 radical (unpaired) electrons. The van der Waals surface area contributed by atoms with E-state index in [4.69, 9.17) is 28.4 Å². The van der Waals surface area contributed by atoms with E-state index in [1.165, 1.54) is 36.0 Å². The van der Waals surface area contributed by atoms with Gasteiger partial charge in [-0.2, -0.15) is 0 Å². The lowest BCUT2D eigenvalue weighted by atomic mass is 9.67. The summed E-state index contributed by atoms with van der Waals surface area (Å²) < 4.78 is 34.3. The average molecular weight is 975 g/mol. The summed E-state index contributed by atoms with van der Waals surface area (Å²) in [6, 6.07) is 31.6. The molecule has 0 bridgehead atoms. The van der Waals surface area contributed by atoms with Crippen molar-refractivity contribution in [2.75, 3.05) is 82.8 Å². The highest BCUT2D eigenvalue weighted by Gasteiger charge is 2.56. The second-order valence-electron chi connectivity index (χ2n) is 21.5. The van der Waals surface area contributed by atoms with Crippen molar-refractivity contribution < 1.29 is 38.3 Å². The van der Waals surface area contributed by atoms with Crippen molar-refractivity contribution in [2.24, 2.45) is 5.92 Å². The molecule has 3 saturated carbocycles. The lowest BCUT2D eigenvalue weighted by molar-refractivity contribution is -0.105. The fourth-order valence-corrected chi connectivity index (χ4v) is 12.7. The molecule has 5 fully saturated rings. The zero-order valence-corrected chi connectivity index (χ0v) is 43.3. The molecule has 3 aliphatic carbocycles. The first-order valence-corrected chi connectivity index (χ1v) is 25.7. The summed E-state index contributed by atoms with van der Waals surface area (Å²) in [7, 11) is 13.3. The molecule has 71 heavy (non-hydrogen) atoms. The molecule has 1 atom stereocenters. The molecule has 9 rings (SSSR count). The molecule has 5 aliphatic rings. The minimum atomic E-state index is -0.649.